The van der Waals surface area contributed by atoms with Crippen molar-refractivity contribution in [3.05, 3.63) is 106 Å². The quantitative estimate of drug-likeness (QED) is 0.0151. The minimum atomic E-state index is -1.59. The molecule has 0 spiro atoms. The molecule has 0 saturated carbocycles. The second-order valence-electron chi connectivity index (χ2n) is 21.3. The molecule has 0 fully saturated rings. The van der Waals surface area contributed by atoms with E-state index in [1.54, 1.807) is 50.2 Å². The summed E-state index contributed by atoms with van der Waals surface area (Å²) in [4.78, 5) is 124. The Morgan fingerprint density at radius 2 is 1.30 bits per heavy atom. The fraction of sp³-hybridized carbons (Fsp3) is 0.397. The first-order chi connectivity index (χ1) is 39.2. The van der Waals surface area contributed by atoms with E-state index in [9.17, 15) is 68.4 Å². The number of carbonyl (C=O) groups excluding carboxylic acids is 5. The lowest BCUT2D eigenvalue weighted by molar-refractivity contribution is -0.141. The maximum Gasteiger partial charge on any atom is 0.336 e. The molecule has 3 unspecified atom stereocenters. The van der Waals surface area contributed by atoms with Crippen LogP contribution in [0, 0.1) is 5.41 Å². The second kappa shape index (κ2) is 30.1. The molecule has 25 heteroatoms. The number of aromatic hydroxyl groups is 1. The molecule has 3 aromatic rings. The molecule has 0 aromatic heterocycles. The number of hydrogen-bond acceptors (Lipinski definition) is 13. The van der Waals surface area contributed by atoms with E-state index in [4.69, 9.17) is 21.7 Å². The highest BCUT2D eigenvalue weighted by molar-refractivity contribution is 7.80. The number of thiocarbonyl (C=S) groups is 1. The van der Waals surface area contributed by atoms with Gasteiger partial charge in [0.05, 0.1) is 12.1 Å². The topological polar surface area (TPSA) is 381 Å². The molecule has 1 aliphatic carbocycles. The molecule has 5 rings (SSSR count). The van der Waals surface area contributed by atoms with E-state index in [1.807, 2.05) is 37.4 Å². The van der Waals surface area contributed by atoms with E-state index in [-0.39, 0.29) is 65.4 Å². The van der Waals surface area contributed by atoms with Crippen molar-refractivity contribution in [3.63, 3.8) is 0 Å². The van der Waals surface area contributed by atoms with E-state index < -0.39 is 95.5 Å². The van der Waals surface area contributed by atoms with Gasteiger partial charge in [-0.25, -0.2) is 19.2 Å². The third-order valence-corrected chi connectivity index (χ3v) is 13.6. The van der Waals surface area contributed by atoms with Crippen LogP contribution in [0.3, 0.4) is 0 Å². The number of nitrogens with one attached hydrogen (secondary N) is 8. The third kappa shape index (κ3) is 21.0. The summed E-state index contributed by atoms with van der Waals surface area (Å²) in [7, 11) is 0. The van der Waals surface area contributed by atoms with E-state index in [0.29, 0.717) is 73.0 Å². The molecule has 2 aliphatic rings. The van der Waals surface area contributed by atoms with Crippen molar-refractivity contribution in [2.45, 2.75) is 122 Å². The van der Waals surface area contributed by atoms with Gasteiger partial charge in [0, 0.05) is 78.6 Å². The summed E-state index contributed by atoms with van der Waals surface area (Å²) in [6.07, 6.45) is 1.23. The van der Waals surface area contributed by atoms with Gasteiger partial charge in [-0.15, -0.1) is 0 Å². The molecule has 1 aliphatic heterocycles. The molecular formula is C58H70N8O16S. The van der Waals surface area contributed by atoms with E-state index in [2.05, 4.69) is 37.2 Å². The van der Waals surface area contributed by atoms with Crippen LogP contribution in [0.15, 0.2) is 94.1 Å². The summed E-state index contributed by atoms with van der Waals surface area (Å²) in [5, 5.41) is 70.3. The summed E-state index contributed by atoms with van der Waals surface area (Å²) < 4.78 is 5.91. The molecule has 3 aromatic carbocycles. The van der Waals surface area contributed by atoms with Crippen LogP contribution in [-0.4, -0.2) is 127 Å². The number of aromatic carboxylic acids is 1. The summed E-state index contributed by atoms with van der Waals surface area (Å²) in [5.74, 6) is -7.28. The van der Waals surface area contributed by atoms with Gasteiger partial charge in [0.2, 0.25) is 23.6 Å². The number of aliphatic carboxylic acids is 3. The Hall–Kier alpha value is -9.13. The number of unbranched alkanes of at least 4 members (excludes halogenated alkanes) is 2. The molecule has 0 radical (unpaired) electrons. The zero-order chi connectivity index (χ0) is 61.0. The Labute approximate surface area is 482 Å². The molecule has 3 atom stereocenters. The minimum absolute atomic E-state index is 0.00764. The highest BCUT2D eigenvalue weighted by atomic mass is 32.1. The average Bonchev–Trinajstić information content (AvgIpc) is 1.76. The number of carboxylic acid groups (broad SMARTS) is 4. The van der Waals surface area contributed by atoms with Crippen LogP contribution in [0.1, 0.15) is 108 Å². The number of anilines is 1. The molecule has 13 N–H and O–H groups in total. The minimum Gasteiger partial charge on any atom is -0.508 e. The lowest BCUT2D eigenvalue weighted by Crippen LogP contribution is -2.51. The molecular weight excluding hydrogens is 1100 g/mol. The smallest absolute Gasteiger partial charge is 0.336 e. The van der Waals surface area contributed by atoms with Crippen LogP contribution in [0.2, 0.25) is 0 Å². The largest absolute Gasteiger partial charge is 0.508 e. The molecule has 83 heavy (non-hydrogen) atoms. The van der Waals surface area contributed by atoms with Gasteiger partial charge in [0.1, 0.15) is 35.2 Å². The standard InChI is InChI=1S/C58H70N8O16S/c1-57(2,23-24-58(3,4)66-46(69)21-19-41(53(77)78)64-55(81)65-42(54(79)80)20-22-49(72)73)31-47(70)63-43(27-33-11-7-5-8-12-33)51(74)61-32-48(71)59-25-9-6-10-26-60-56(83)62-34-13-16-37(40(28-34)52(75)76)50-38-17-14-35(67)29-44(38)82-45-30-36(68)15-18-39(45)50/h5,7-8,11-18,28-30,41-43,67H,6,9-10,19-27,31-32H2,1-4H3,(H,59,71)(H,61,74)(H,63,70)(H,66,69)(H,72,73)(H,75,76)(H,77,78)(H,79,80)(H2,60,62,83)(H2,64,65,81). The zero-order valence-corrected chi connectivity index (χ0v) is 47.2. The monoisotopic (exact) mass is 1170 g/mol. The second-order valence-corrected chi connectivity index (χ2v) is 21.8. The number of urea groups is 1. The number of amides is 6. The Morgan fingerprint density at radius 3 is 1.95 bits per heavy atom. The lowest BCUT2D eigenvalue weighted by Gasteiger charge is -2.32. The normalized spacial score (nSPS) is 12.4. The Balaban J connectivity index is 1.03. The van der Waals surface area contributed by atoms with Gasteiger partial charge in [-0.1, -0.05) is 50.2 Å². The predicted molar refractivity (Wildman–Crippen MR) is 310 cm³/mol. The number of phenols is 1. The van der Waals surface area contributed by atoms with Gasteiger partial charge in [-0.05, 0) is 124 Å². The van der Waals surface area contributed by atoms with E-state index in [0.717, 1.165) is 5.56 Å². The highest BCUT2D eigenvalue weighted by Crippen LogP contribution is 2.42. The Morgan fingerprint density at radius 1 is 0.651 bits per heavy atom. The third-order valence-electron chi connectivity index (χ3n) is 13.3. The number of fused-ring (bicyclic) bond motifs is 2. The predicted octanol–water partition coefficient (Wildman–Crippen LogP) is 5.33. The SMILES string of the molecule is CC(C)(CCC(C)(C)NC(=O)CCC(NC(=O)NC(CCC(=O)O)C(=O)O)C(=O)O)CC(=O)NC(Cc1ccccc1)C(=O)NCC(=O)NCCCCCNC(=S)Nc1ccc(-c2c3ccc(=O)cc-3oc3cc(O)ccc23)c(C(=O)O)c1. The first-order valence-electron chi connectivity index (χ1n) is 26.7. The van der Waals surface area contributed by atoms with Crippen molar-refractivity contribution in [1.29, 1.82) is 0 Å². The average molecular weight is 1170 g/mol. The van der Waals surface area contributed by atoms with Gasteiger partial charge in [-0.2, -0.15) is 0 Å². The Bertz CT molecular complexity index is 3220. The van der Waals surface area contributed by atoms with Crippen molar-refractivity contribution in [2.24, 2.45) is 5.41 Å². The summed E-state index contributed by atoms with van der Waals surface area (Å²) in [6.45, 7) is 7.64. The van der Waals surface area contributed by atoms with Gasteiger partial charge in [-0.3, -0.25) is 28.8 Å². The van der Waals surface area contributed by atoms with Crippen LogP contribution in [0.4, 0.5) is 10.5 Å². The number of hydrogen-bond donors (Lipinski definition) is 13. The first kappa shape index (κ1) is 64.7. The van der Waals surface area contributed by atoms with Crippen molar-refractivity contribution in [1.82, 2.24) is 37.2 Å². The fourth-order valence-corrected chi connectivity index (χ4v) is 9.17. The fourth-order valence-electron chi connectivity index (χ4n) is 8.95. The van der Waals surface area contributed by atoms with Crippen LogP contribution < -0.4 is 48.0 Å². The maximum absolute atomic E-state index is 13.6. The van der Waals surface area contributed by atoms with E-state index >= 15 is 0 Å². The van der Waals surface area contributed by atoms with Gasteiger partial charge in [0.15, 0.2) is 10.5 Å². The Kier molecular flexibility index (Phi) is 23.4. The molecule has 6 amide bonds. The summed E-state index contributed by atoms with van der Waals surface area (Å²) in [5.41, 5.74) is 0.997. The number of phenolic OH excluding ortho intramolecular Hbond substituents is 1. The highest BCUT2D eigenvalue weighted by Gasteiger charge is 2.32. The molecule has 444 valence electrons. The summed E-state index contributed by atoms with van der Waals surface area (Å²) >= 11 is 5.49. The van der Waals surface area contributed by atoms with Crippen LogP contribution >= 0.6 is 12.2 Å². The van der Waals surface area contributed by atoms with Crippen molar-refractivity contribution in [2.75, 3.05) is 25.0 Å². The molecule has 0 bridgehead atoms. The number of benzene rings is 4. The van der Waals surface area contributed by atoms with Gasteiger partial charge in [0.25, 0.3) is 0 Å². The van der Waals surface area contributed by atoms with Gasteiger partial charge >= 0.3 is 29.9 Å². The van der Waals surface area contributed by atoms with Crippen LogP contribution in [0.25, 0.3) is 33.4 Å². The van der Waals surface area contributed by atoms with Crippen molar-refractivity contribution in [3.8, 4) is 28.2 Å². The lowest BCUT2D eigenvalue weighted by atomic mass is 9.80. The molecule has 24 nitrogen and oxygen atoms in total. The van der Waals surface area contributed by atoms with Crippen LogP contribution in [-0.2, 0) is 40.0 Å². The van der Waals surface area contributed by atoms with E-state index in [1.165, 1.54) is 30.3 Å². The molecule has 1 heterocycles. The van der Waals surface area contributed by atoms with Crippen molar-refractivity contribution < 1.29 is 73.1 Å². The van der Waals surface area contributed by atoms with Crippen molar-refractivity contribution >= 4 is 87.5 Å². The van der Waals surface area contributed by atoms with Gasteiger partial charge < -0.3 is 72.5 Å². The number of rotatable bonds is 31. The summed E-state index contributed by atoms with van der Waals surface area (Å²) in [6, 6.07) is 17.1. The molecule has 0 saturated heterocycles. The maximum atomic E-state index is 13.6. The number of carboxylic acids is 4. The zero-order valence-electron chi connectivity index (χ0n) is 46.3. The number of carbonyl (C=O) groups is 9. The first-order valence-corrected chi connectivity index (χ1v) is 27.2. The van der Waals surface area contributed by atoms with Crippen LogP contribution in [0.5, 0.6) is 5.75 Å².